The zero-order valence-electron chi connectivity index (χ0n) is 18.3. The third-order valence-electron chi connectivity index (χ3n) is 5.82. The highest BCUT2D eigenvalue weighted by molar-refractivity contribution is 14.0. The summed E-state index contributed by atoms with van der Waals surface area (Å²) < 4.78 is 1.70. The molecule has 0 bridgehead atoms. The van der Waals surface area contributed by atoms with Crippen LogP contribution in [0.1, 0.15) is 52.0 Å². The van der Waals surface area contributed by atoms with Gasteiger partial charge in [-0.25, -0.2) is 4.99 Å². The number of aryl methyl sites for hydroxylation is 1. The Hall–Kier alpha value is -0.870. The van der Waals surface area contributed by atoms with E-state index in [1.54, 1.807) is 17.8 Å². The van der Waals surface area contributed by atoms with Gasteiger partial charge >= 0.3 is 0 Å². The summed E-state index contributed by atoms with van der Waals surface area (Å²) in [6.45, 7) is 8.10. The highest BCUT2D eigenvalue weighted by Gasteiger charge is 2.37. The van der Waals surface area contributed by atoms with Crippen LogP contribution in [0.4, 0.5) is 0 Å². The predicted molar refractivity (Wildman–Crippen MR) is 126 cm³/mol. The van der Waals surface area contributed by atoms with Crippen molar-refractivity contribution >= 4 is 29.9 Å². The Morgan fingerprint density at radius 2 is 2.18 bits per heavy atom. The first kappa shape index (κ1) is 25.2. The molecule has 28 heavy (non-hydrogen) atoms. The molecule has 7 nitrogen and oxygen atoms in total. The summed E-state index contributed by atoms with van der Waals surface area (Å²) >= 11 is 0. The van der Waals surface area contributed by atoms with Crippen LogP contribution in [0.5, 0.6) is 0 Å². The van der Waals surface area contributed by atoms with Crippen LogP contribution in [0.2, 0.25) is 0 Å². The first-order valence-electron chi connectivity index (χ1n) is 10.1. The summed E-state index contributed by atoms with van der Waals surface area (Å²) in [5, 5.41) is 21.8. The second-order valence-corrected chi connectivity index (χ2v) is 8.55. The number of halogens is 1. The third kappa shape index (κ3) is 6.59. The minimum atomic E-state index is -1.05. The summed E-state index contributed by atoms with van der Waals surface area (Å²) in [4.78, 5) is 7.02. The number of nitrogens with zero attached hydrogens (tertiary/aromatic N) is 4. The molecule has 0 spiro atoms. The van der Waals surface area contributed by atoms with Gasteiger partial charge in [0.05, 0.1) is 12.7 Å². The first-order chi connectivity index (χ1) is 12.7. The summed E-state index contributed by atoms with van der Waals surface area (Å²) in [5.74, 6) is 1.50. The van der Waals surface area contributed by atoms with Crippen LogP contribution in [0.3, 0.4) is 0 Å². The number of aliphatic hydroxyl groups is 1. The van der Waals surface area contributed by atoms with Crippen molar-refractivity contribution in [1.82, 2.24) is 25.3 Å². The molecule has 1 aromatic heterocycles. The standard InChI is InChI=1S/C20H38N6O.HI/c1-7-21-18(22-14-19(3,27)17-12-24-26(6)13-17)23-15-20(25(4)5)10-8-9-16(2)11-20;/h12-13,16,27H,7-11,14-15H2,1-6H3,(H2,21,22,23);1H. The van der Waals surface area contributed by atoms with Gasteiger partial charge in [0.25, 0.3) is 0 Å². The van der Waals surface area contributed by atoms with Crippen molar-refractivity contribution in [2.75, 3.05) is 33.7 Å². The normalized spacial score (nSPS) is 25.1. The van der Waals surface area contributed by atoms with Crippen LogP contribution < -0.4 is 10.6 Å². The lowest BCUT2D eigenvalue weighted by Gasteiger charge is -2.45. The number of aliphatic imine (C=N–C) groups is 1. The number of nitrogens with one attached hydrogen (secondary N) is 2. The van der Waals surface area contributed by atoms with Gasteiger partial charge < -0.3 is 20.6 Å². The fourth-order valence-electron chi connectivity index (χ4n) is 3.97. The van der Waals surface area contributed by atoms with E-state index in [9.17, 15) is 5.11 Å². The maximum absolute atomic E-state index is 10.8. The molecule has 2 rings (SSSR count). The van der Waals surface area contributed by atoms with Crippen LogP contribution in [0.15, 0.2) is 17.4 Å². The Bertz CT molecular complexity index is 630. The van der Waals surface area contributed by atoms with Gasteiger partial charge in [-0.2, -0.15) is 5.10 Å². The number of likely N-dealkylation sites (N-methyl/N-ethyl adjacent to an activating group) is 1. The van der Waals surface area contributed by atoms with E-state index in [0.29, 0.717) is 0 Å². The van der Waals surface area contributed by atoms with Crippen molar-refractivity contribution in [3.63, 3.8) is 0 Å². The molecule has 0 saturated heterocycles. The second-order valence-electron chi connectivity index (χ2n) is 8.55. The summed E-state index contributed by atoms with van der Waals surface area (Å²) in [5.41, 5.74) is -0.120. The van der Waals surface area contributed by atoms with Gasteiger partial charge in [0.1, 0.15) is 5.60 Å². The second kappa shape index (κ2) is 10.8. The van der Waals surface area contributed by atoms with Crippen LogP contribution in [0, 0.1) is 5.92 Å². The summed E-state index contributed by atoms with van der Waals surface area (Å²) in [6.07, 6.45) is 8.51. The molecule has 0 aliphatic heterocycles. The monoisotopic (exact) mass is 506 g/mol. The maximum Gasteiger partial charge on any atom is 0.191 e. The highest BCUT2D eigenvalue weighted by Crippen LogP contribution is 2.35. The lowest BCUT2D eigenvalue weighted by atomic mass is 9.75. The molecular formula is C20H39IN6O. The first-order valence-corrected chi connectivity index (χ1v) is 10.1. The molecule has 3 atom stereocenters. The predicted octanol–water partition coefficient (Wildman–Crippen LogP) is 2.31. The van der Waals surface area contributed by atoms with Gasteiger partial charge in [-0.3, -0.25) is 4.68 Å². The Balaban J connectivity index is 0.00000392. The number of hydrogen-bond acceptors (Lipinski definition) is 4. The number of rotatable bonds is 7. The Morgan fingerprint density at radius 3 is 2.71 bits per heavy atom. The molecule has 0 amide bonds. The lowest BCUT2D eigenvalue weighted by Crippen LogP contribution is -2.56. The van der Waals surface area contributed by atoms with Gasteiger partial charge in [0, 0.05) is 37.4 Å². The van der Waals surface area contributed by atoms with Crippen LogP contribution in [-0.4, -0.2) is 65.0 Å². The summed E-state index contributed by atoms with van der Waals surface area (Å²) in [7, 11) is 6.20. The minimum Gasteiger partial charge on any atom is -0.383 e. The molecule has 162 valence electrons. The maximum atomic E-state index is 10.8. The SMILES string of the molecule is CCNC(=NCC(C)(O)c1cnn(C)c1)NCC1(N(C)C)CCCC(C)C1.I. The van der Waals surface area contributed by atoms with E-state index in [1.807, 2.05) is 13.2 Å². The van der Waals surface area contributed by atoms with Gasteiger partial charge in [-0.15, -0.1) is 24.0 Å². The largest absolute Gasteiger partial charge is 0.383 e. The van der Waals surface area contributed by atoms with E-state index >= 15 is 0 Å². The van der Waals surface area contributed by atoms with E-state index in [0.717, 1.165) is 30.5 Å². The van der Waals surface area contributed by atoms with Gasteiger partial charge in [-0.1, -0.05) is 19.8 Å². The van der Waals surface area contributed by atoms with Crippen molar-refractivity contribution < 1.29 is 5.11 Å². The zero-order chi connectivity index (χ0) is 20.1. The molecular weight excluding hydrogens is 467 g/mol. The van der Waals surface area contributed by atoms with Crippen molar-refractivity contribution in [2.24, 2.45) is 18.0 Å². The molecule has 8 heteroatoms. The molecule has 1 saturated carbocycles. The molecule has 0 radical (unpaired) electrons. The van der Waals surface area contributed by atoms with Gasteiger partial charge in [0.2, 0.25) is 0 Å². The fourth-order valence-corrected chi connectivity index (χ4v) is 3.97. The van der Waals surface area contributed by atoms with Crippen molar-refractivity contribution in [2.45, 2.75) is 57.6 Å². The van der Waals surface area contributed by atoms with E-state index in [-0.39, 0.29) is 36.1 Å². The topological polar surface area (TPSA) is 77.7 Å². The average molecular weight is 506 g/mol. The van der Waals surface area contributed by atoms with Crippen LogP contribution >= 0.6 is 24.0 Å². The highest BCUT2D eigenvalue weighted by atomic mass is 127. The molecule has 3 N–H and O–H groups in total. The number of guanidine groups is 1. The van der Waals surface area contributed by atoms with E-state index < -0.39 is 5.60 Å². The van der Waals surface area contributed by atoms with Crippen molar-refractivity contribution in [3.8, 4) is 0 Å². The molecule has 1 aromatic rings. The Labute approximate surface area is 187 Å². The minimum absolute atomic E-state index is 0. The average Bonchev–Trinajstić information content (AvgIpc) is 3.05. The van der Waals surface area contributed by atoms with Crippen LogP contribution in [0.25, 0.3) is 0 Å². The molecule has 1 heterocycles. The van der Waals surface area contributed by atoms with Crippen molar-refractivity contribution in [3.05, 3.63) is 18.0 Å². The Kier molecular flexibility index (Phi) is 9.69. The molecule has 1 fully saturated rings. The number of aromatic nitrogens is 2. The molecule has 0 aromatic carbocycles. The third-order valence-corrected chi connectivity index (χ3v) is 5.82. The summed E-state index contributed by atoms with van der Waals surface area (Å²) in [6, 6.07) is 0. The molecule has 1 aliphatic carbocycles. The number of hydrogen-bond donors (Lipinski definition) is 3. The van der Waals surface area contributed by atoms with Crippen molar-refractivity contribution in [1.29, 1.82) is 0 Å². The quantitative estimate of drug-likeness (QED) is 0.301. The lowest BCUT2D eigenvalue weighted by molar-refractivity contribution is 0.0668. The van der Waals surface area contributed by atoms with Crippen LogP contribution in [-0.2, 0) is 12.6 Å². The van der Waals surface area contributed by atoms with Gasteiger partial charge in [-0.05, 0) is 46.7 Å². The van der Waals surface area contributed by atoms with E-state index in [1.165, 1.54) is 25.7 Å². The molecule has 1 aliphatic rings. The van der Waals surface area contributed by atoms with Gasteiger partial charge in [0.15, 0.2) is 5.96 Å². The molecule has 3 unspecified atom stereocenters. The smallest absolute Gasteiger partial charge is 0.191 e. The Morgan fingerprint density at radius 1 is 1.46 bits per heavy atom. The fraction of sp³-hybridized carbons (Fsp3) is 0.800. The van der Waals surface area contributed by atoms with E-state index in [4.69, 9.17) is 0 Å². The van der Waals surface area contributed by atoms with E-state index in [2.05, 4.69) is 53.6 Å². The zero-order valence-corrected chi connectivity index (χ0v) is 20.7.